The van der Waals surface area contributed by atoms with E-state index < -0.39 is 26.9 Å². The molecule has 1 aromatic rings. The SMILES string of the molecule is COC(=O)c1ccc(C(=O)OC)c(S(N)(=O)=O)c1. The molecule has 0 amide bonds. The predicted molar refractivity (Wildman–Crippen MR) is 60.5 cm³/mol. The molecule has 0 saturated heterocycles. The predicted octanol–water partition coefficient (Wildman–Crippen LogP) is -0.0928. The van der Waals surface area contributed by atoms with Crippen molar-refractivity contribution in [1.82, 2.24) is 0 Å². The van der Waals surface area contributed by atoms with E-state index in [1.807, 2.05) is 0 Å². The third-order valence-corrected chi connectivity index (χ3v) is 3.07. The molecule has 0 aliphatic heterocycles. The van der Waals surface area contributed by atoms with Crippen LogP contribution < -0.4 is 5.14 Å². The number of nitrogens with two attached hydrogens (primary N) is 1. The smallest absolute Gasteiger partial charge is 0.339 e. The largest absolute Gasteiger partial charge is 0.465 e. The quantitative estimate of drug-likeness (QED) is 0.770. The molecule has 0 saturated carbocycles. The number of carbonyl (C=O) groups is 2. The van der Waals surface area contributed by atoms with Crippen LogP contribution in [-0.2, 0) is 19.5 Å². The van der Waals surface area contributed by atoms with Gasteiger partial charge in [0.1, 0.15) is 0 Å². The first-order valence-corrected chi connectivity index (χ1v) is 6.19. The van der Waals surface area contributed by atoms with E-state index in [1.165, 1.54) is 6.07 Å². The summed E-state index contributed by atoms with van der Waals surface area (Å²) in [5, 5.41) is 4.97. The molecule has 0 atom stereocenters. The maximum Gasteiger partial charge on any atom is 0.339 e. The number of primary sulfonamides is 1. The van der Waals surface area contributed by atoms with Gasteiger partial charge >= 0.3 is 11.9 Å². The Morgan fingerprint density at radius 1 is 1.11 bits per heavy atom. The lowest BCUT2D eigenvalue weighted by molar-refractivity contribution is 0.0583. The number of rotatable bonds is 3. The molecule has 98 valence electrons. The summed E-state index contributed by atoms with van der Waals surface area (Å²) in [5.41, 5.74) is -0.276. The molecule has 0 spiro atoms. The Hall–Kier alpha value is -1.93. The van der Waals surface area contributed by atoms with E-state index in [0.717, 1.165) is 26.4 Å². The van der Waals surface area contributed by atoms with Crippen molar-refractivity contribution >= 4 is 22.0 Å². The van der Waals surface area contributed by atoms with Crippen LogP contribution in [0.5, 0.6) is 0 Å². The Morgan fingerprint density at radius 2 is 1.67 bits per heavy atom. The molecule has 1 rings (SSSR count). The molecule has 1 aromatic carbocycles. The Kier molecular flexibility index (Phi) is 4.04. The third-order valence-electron chi connectivity index (χ3n) is 2.11. The van der Waals surface area contributed by atoms with E-state index in [4.69, 9.17) is 5.14 Å². The van der Waals surface area contributed by atoms with Gasteiger partial charge < -0.3 is 9.47 Å². The van der Waals surface area contributed by atoms with Gasteiger partial charge in [-0.05, 0) is 18.2 Å². The van der Waals surface area contributed by atoms with Crippen LogP contribution in [0.2, 0.25) is 0 Å². The fraction of sp³-hybridized carbons (Fsp3) is 0.200. The van der Waals surface area contributed by atoms with E-state index in [0.29, 0.717) is 0 Å². The molecule has 0 radical (unpaired) electrons. The summed E-state index contributed by atoms with van der Waals surface area (Å²) >= 11 is 0. The second-order valence-corrected chi connectivity index (χ2v) is 4.77. The first kappa shape index (κ1) is 14.1. The van der Waals surface area contributed by atoms with Gasteiger partial charge in [-0.25, -0.2) is 23.1 Å². The van der Waals surface area contributed by atoms with Crippen molar-refractivity contribution < 1.29 is 27.5 Å². The fourth-order valence-electron chi connectivity index (χ4n) is 1.28. The Morgan fingerprint density at radius 3 is 2.11 bits per heavy atom. The monoisotopic (exact) mass is 273 g/mol. The summed E-state index contributed by atoms with van der Waals surface area (Å²) < 4.78 is 31.6. The van der Waals surface area contributed by atoms with E-state index in [-0.39, 0.29) is 11.1 Å². The highest BCUT2D eigenvalue weighted by atomic mass is 32.2. The minimum Gasteiger partial charge on any atom is -0.465 e. The van der Waals surface area contributed by atoms with E-state index in [1.54, 1.807) is 0 Å². The zero-order valence-electron chi connectivity index (χ0n) is 9.67. The van der Waals surface area contributed by atoms with Gasteiger partial charge in [-0.15, -0.1) is 0 Å². The Balaban J connectivity index is 3.49. The summed E-state index contributed by atoms with van der Waals surface area (Å²) in [6.07, 6.45) is 0. The lowest BCUT2D eigenvalue weighted by atomic mass is 10.1. The van der Waals surface area contributed by atoms with Gasteiger partial charge in [-0.3, -0.25) is 0 Å². The molecule has 0 heterocycles. The lowest BCUT2D eigenvalue weighted by Gasteiger charge is -2.07. The van der Waals surface area contributed by atoms with Crippen molar-refractivity contribution in [2.75, 3.05) is 14.2 Å². The summed E-state index contributed by atoms with van der Waals surface area (Å²) in [5.74, 6) is -1.60. The molecule has 0 fully saturated rings. The minimum absolute atomic E-state index is 0.0332. The second-order valence-electron chi connectivity index (χ2n) is 3.24. The average molecular weight is 273 g/mol. The van der Waals surface area contributed by atoms with Crippen molar-refractivity contribution in [3.05, 3.63) is 29.3 Å². The molecular formula is C10H11NO6S. The molecule has 18 heavy (non-hydrogen) atoms. The van der Waals surface area contributed by atoms with E-state index >= 15 is 0 Å². The van der Waals surface area contributed by atoms with Crippen LogP contribution in [-0.4, -0.2) is 34.6 Å². The second kappa shape index (κ2) is 5.15. The topological polar surface area (TPSA) is 113 Å². The van der Waals surface area contributed by atoms with Crippen LogP contribution >= 0.6 is 0 Å². The maximum absolute atomic E-state index is 11.4. The molecule has 0 aromatic heterocycles. The molecule has 0 aliphatic carbocycles. The molecular weight excluding hydrogens is 262 g/mol. The van der Waals surface area contributed by atoms with E-state index in [9.17, 15) is 18.0 Å². The summed E-state index contributed by atoms with van der Waals surface area (Å²) in [4.78, 5) is 22.2. The first-order chi connectivity index (χ1) is 8.31. The average Bonchev–Trinajstić information content (AvgIpc) is 2.35. The van der Waals surface area contributed by atoms with Gasteiger partial charge in [-0.2, -0.15) is 0 Å². The Bertz CT molecular complexity index is 592. The van der Waals surface area contributed by atoms with Crippen LogP contribution in [0.3, 0.4) is 0 Å². The van der Waals surface area contributed by atoms with Crippen molar-refractivity contribution in [3.63, 3.8) is 0 Å². The molecule has 8 heteroatoms. The number of benzene rings is 1. The molecule has 2 N–H and O–H groups in total. The van der Waals surface area contributed by atoms with Gasteiger partial charge in [0.2, 0.25) is 10.0 Å². The third kappa shape index (κ3) is 2.84. The normalized spacial score (nSPS) is 10.8. The zero-order valence-corrected chi connectivity index (χ0v) is 10.5. The molecule has 0 unspecified atom stereocenters. The summed E-state index contributed by atoms with van der Waals surface area (Å²) in [6.45, 7) is 0. The minimum atomic E-state index is -4.16. The highest BCUT2D eigenvalue weighted by Gasteiger charge is 2.22. The number of esters is 2. The van der Waals surface area contributed by atoms with Crippen LogP contribution in [0.25, 0.3) is 0 Å². The van der Waals surface area contributed by atoms with E-state index in [2.05, 4.69) is 9.47 Å². The number of ether oxygens (including phenoxy) is 2. The van der Waals surface area contributed by atoms with Gasteiger partial charge in [0.25, 0.3) is 0 Å². The number of carbonyl (C=O) groups excluding carboxylic acids is 2. The van der Waals surface area contributed by atoms with Crippen LogP contribution in [0.15, 0.2) is 23.1 Å². The number of methoxy groups -OCH3 is 2. The van der Waals surface area contributed by atoms with Crippen molar-refractivity contribution in [2.45, 2.75) is 4.90 Å². The first-order valence-electron chi connectivity index (χ1n) is 4.64. The maximum atomic E-state index is 11.4. The molecule has 0 aliphatic rings. The number of sulfonamides is 1. The highest BCUT2D eigenvalue weighted by Crippen LogP contribution is 2.18. The van der Waals surface area contributed by atoms with Gasteiger partial charge in [0, 0.05) is 0 Å². The molecule has 0 bridgehead atoms. The zero-order chi connectivity index (χ0) is 13.9. The van der Waals surface area contributed by atoms with Gasteiger partial charge in [-0.1, -0.05) is 0 Å². The van der Waals surface area contributed by atoms with Crippen LogP contribution in [0, 0.1) is 0 Å². The lowest BCUT2D eigenvalue weighted by Crippen LogP contribution is -2.18. The Labute approximate surface area is 104 Å². The number of hydrogen-bond acceptors (Lipinski definition) is 6. The highest BCUT2D eigenvalue weighted by molar-refractivity contribution is 7.89. The molecule has 7 nitrogen and oxygen atoms in total. The van der Waals surface area contributed by atoms with Crippen LogP contribution in [0.4, 0.5) is 0 Å². The number of hydrogen-bond donors (Lipinski definition) is 1. The van der Waals surface area contributed by atoms with Crippen molar-refractivity contribution in [2.24, 2.45) is 5.14 Å². The van der Waals surface area contributed by atoms with Crippen molar-refractivity contribution in [3.8, 4) is 0 Å². The summed E-state index contributed by atoms with van der Waals surface area (Å²) in [6, 6.07) is 3.35. The van der Waals surface area contributed by atoms with Gasteiger partial charge in [0.15, 0.2) is 0 Å². The van der Waals surface area contributed by atoms with Gasteiger partial charge in [0.05, 0.1) is 30.2 Å². The standard InChI is InChI=1S/C10H11NO6S/c1-16-9(12)6-3-4-7(10(13)17-2)8(5-6)18(11,14)15/h3-5H,1-2H3,(H2,11,14,15). The fourth-order valence-corrected chi connectivity index (χ4v) is 2.03. The van der Waals surface area contributed by atoms with Crippen molar-refractivity contribution in [1.29, 1.82) is 0 Å². The summed E-state index contributed by atoms with van der Waals surface area (Å²) in [7, 11) is -1.91. The van der Waals surface area contributed by atoms with Crippen LogP contribution in [0.1, 0.15) is 20.7 Å².